The van der Waals surface area contributed by atoms with Crippen LogP contribution in [0.1, 0.15) is 18.9 Å². The van der Waals surface area contributed by atoms with Crippen LogP contribution in [0, 0.1) is 0 Å². The highest BCUT2D eigenvalue weighted by molar-refractivity contribution is 7.80. The molecule has 1 aliphatic rings. The average Bonchev–Trinajstić information content (AvgIpc) is 3.25. The molecule has 148 valence electrons. The molecule has 0 aliphatic carbocycles. The van der Waals surface area contributed by atoms with E-state index in [4.69, 9.17) is 12.2 Å². The quantitative estimate of drug-likeness (QED) is 0.364. The van der Waals surface area contributed by atoms with E-state index in [2.05, 4.69) is 23.2 Å². The molecule has 29 heavy (non-hydrogen) atoms. The molecule has 0 atom stereocenters. The number of amides is 2. The minimum absolute atomic E-state index is 0.102. The van der Waals surface area contributed by atoms with Crippen molar-refractivity contribution in [1.82, 2.24) is 19.4 Å². The first-order chi connectivity index (χ1) is 14.0. The second-order valence-corrected chi connectivity index (χ2v) is 8.06. The van der Waals surface area contributed by atoms with Crippen molar-refractivity contribution >= 4 is 56.9 Å². The fourth-order valence-electron chi connectivity index (χ4n) is 3.46. The minimum Gasteiger partial charge on any atom is -0.328 e. The maximum absolute atomic E-state index is 12.8. The van der Waals surface area contributed by atoms with Gasteiger partial charge in [-0.3, -0.25) is 19.4 Å². The Morgan fingerprint density at radius 3 is 2.24 bits per heavy atom. The van der Waals surface area contributed by atoms with Crippen LogP contribution >= 0.6 is 23.6 Å². The number of benzene rings is 1. The first kappa shape index (κ1) is 19.5. The third-order valence-electron chi connectivity index (χ3n) is 4.98. The van der Waals surface area contributed by atoms with E-state index in [0.717, 1.165) is 21.6 Å². The molecule has 0 bridgehead atoms. The Hall–Kier alpha value is -2.84. The summed E-state index contributed by atoms with van der Waals surface area (Å²) in [6.45, 7) is 4.51. The van der Waals surface area contributed by atoms with Gasteiger partial charge in [-0.05, 0) is 43.8 Å². The number of thiazole rings is 1. The summed E-state index contributed by atoms with van der Waals surface area (Å²) >= 11 is 6.76. The molecule has 4 rings (SSSR count). The lowest BCUT2D eigenvalue weighted by Gasteiger charge is -2.35. The number of thiocarbonyl (C=S) groups is 1. The van der Waals surface area contributed by atoms with E-state index >= 15 is 0 Å². The van der Waals surface area contributed by atoms with Crippen molar-refractivity contribution < 1.29 is 9.59 Å². The number of likely N-dealkylation sites (N-methyl/N-ethyl adjacent to an activating group) is 2. The van der Waals surface area contributed by atoms with E-state index < -0.39 is 0 Å². The zero-order chi connectivity index (χ0) is 20.7. The van der Waals surface area contributed by atoms with Crippen molar-refractivity contribution in [2.24, 2.45) is 7.05 Å². The Morgan fingerprint density at radius 2 is 1.69 bits per heavy atom. The predicted molar refractivity (Wildman–Crippen MR) is 119 cm³/mol. The first-order valence-corrected chi connectivity index (χ1v) is 10.6. The highest BCUT2D eigenvalue weighted by atomic mass is 32.1. The summed E-state index contributed by atoms with van der Waals surface area (Å²) in [4.78, 5) is 33.2. The molecule has 0 radical (unpaired) electrons. The molecule has 6 nitrogen and oxygen atoms in total. The number of fused-ring (bicyclic) bond motifs is 1. The SMILES string of the molecule is CCN1C(=O)C(=Cc2nc3c(cc(-c4ccccc4)n3C)s2)C(=O)N(CC)C1=S. The molecule has 2 amide bonds. The van der Waals surface area contributed by atoms with Gasteiger partial charge in [-0.25, -0.2) is 4.98 Å². The van der Waals surface area contributed by atoms with Crippen molar-refractivity contribution in [2.75, 3.05) is 13.1 Å². The number of aromatic nitrogens is 2. The molecule has 0 unspecified atom stereocenters. The number of nitrogens with zero attached hydrogens (tertiary/aromatic N) is 4. The van der Waals surface area contributed by atoms with E-state index in [9.17, 15) is 9.59 Å². The van der Waals surface area contributed by atoms with Crippen LogP contribution in [0.25, 0.3) is 27.7 Å². The molecule has 0 N–H and O–H groups in total. The average molecular weight is 425 g/mol. The third kappa shape index (κ3) is 3.18. The summed E-state index contributed by atoms with van der Waals surface area (Å²) in [5.74, 6) is -0.729. The van der Waals surface area contributed by atoms with Gasteiger partial charge in [0.1, 0.15) is 10.6 Å². The van der Waals surface area contributed by atoms with E-state index in [1.807, 2.05) is 43.7 Å². The Balaban J connectivity index is 1.75. The van der Waals surface area contributed by atoms with Gasteiger partial charge in [0.15, 0.2) is 10.8 Å². The predicted octanol–water partition coefficient (Wildman–Crippen LogP) is 3.68. The molecule has 8 heteroatoms. The smallest absolute Gasteiger partial charge is 0.265 e. The van der Waals surface area contributed by atoms with Crippen LogP contribution in [-0.4, -0.2) is 49.4 Å². The van der Waals surface area contributed by atoms with Crippen molar-refractivity contribution in [1.29, 1.82) is 0 Å². The molecule has 1 fully saturated rings. The number of rotatable bonds is 4. The van der Waals surface area contributed by atoms with E-state index in [0.29, 0.717) is 18.1 Å². The van der Waals surface area contributed by atoms with Crippen LogP contribution in [0.3, 0.4) is 0 Å². The standard InChI is InChI=1S/C21H20N4O2S2/c1-4-24-19(26)14(20(27)25(5-2)21(24)28)11-17-22-18-16(29-17)12-15(23(18)3)13-9-7-6-8-10-13/h6-12H,4-5H2,1-3H3. The minimum atomic E-state index is -0.364. The van der Waals surface area contributed by atoms with Gasteiger partial charge in [0, 0.05) is 20.1 Å². The second-order valence-electron chi connectivity index (χ2n) is 6.63. The zero-order valence-electron chi connectivity index (χ0n) is 16.4. The Labute approximate surface area is 178 Å². The van der Waals surface area contributed by atoms with E-state index in [1.54, 1.807) is 6.08 Å². The van der Waals surface area contributed by atoms with Gasteiger partial charge in [0.25, 0.3) is 11.8 Å². The number of hydrogen-bond donors (Lipinski definition) is 0. The highest BCUT2D eigenvalue weighted by Crippen LogP contribution is 2.32. The van der Waals surface area contributed by atoms with Crippen LogP contribution < -0.4 is 0 Å². The molecule has 1 aromatic carbocycles. The number of carbonyl (C=O) groups is 2. The molecule has 0 spiro atoms. The monoisotopic (exact) mass is 424 g/mol. The molecule has 1 saturated heterocycles. The summed E-state index contributed by atoms with van der Waals surface area (Å²) < 4.78 is 3.03. The fraction of sp³-hybridized carbons (Fsp3) is 0.238. The molecule has 2 aromatic heterocycles. The highest BCUT2D eigenvalue weighted by Gasteiger charge is 2.38. The number of carbonyl (C=O) groups excluding carboxylic acids is 2. The Morgan fingerprint density at radius 1 is 1.07 bits per heavy atom. The summed E-state index contributed by atoms with van der Waals surface area (Å²) in [7, 11) is 1.97. The van der Waals surface area contributed by atoms with Crippen molar-refractivity contribution in [3.8, 4) is 11.3 Å². The van der Waals surface area contributed by atoms with Gasteiger partial charge in [-0.15, -0.1) is 11.3 Å². The first-order valence-electron chi connectivity index (χ1n) is 9.37. The lowest BCUT2D eigenvalue weighted by atomic mass is 10.1. The van der Waals surface area contributed by atoms with Gasteiger partial charge in [0.2, 0.25) is 0 Å². The Kier molecular flexibility index (Phi) is 5.06. The summed E-state index contributed by atoms with van der Waals surface area (Å²) in [5.41, 5.74) is 3.11. The van der Waals surface area contributed by atoms with Gasteiger partial charge in [0.05, 0.1) is 10.4 Å². The normalized spacial score (nSPS) is 15.0. The van der Waals surface area contributed by atoms with Gasteiger partial charge < -0.3 is 4.57 Å². The second kappa shape index (κ2) is 7.53. The van der Waals surface area contributed by atoms with Gasteiger partial charge >= 0.3 is 0 Å². The van der Waals surface area contributed by atoms with Crippen LogP contribution in [0.15, 0.2) is 42.0 Å². The van der Waals surface area contributed by atoms with Crippen LogP contribution in [0.5, 0.6) is 0 Å². The topological polar surface area (TPSA) is 58.4 Å². The van der Waals surface area contributed by atoms with Gasteiger partial charge in [-0.1, -0.05) is 30.3 Å². The molecular formula is C21H20N4O2S2. The molecule has 3 aromatic rings. The fourth-order valence-corrected chi connectivity index (χ4v) is 4.87. The van der Waals surface area contributed by atoms with Crippen molar-refractivity contribution in [2.45, 2.75) is 13.8 Å². The van der Waals surface area contributed by atoms with Crippen molar-refractivity contribution in [3.05, 3.63) is 47.0 Å². The van der Waals surface area contributed by atoms with Crippen LogP contribution in [-0.2, 0) is 16.6 Å². The molecular weight excluding hydrogens is 404 g/mol. The van der Waals surface area contributed by atoms with Crippen LogP contribution in [0.2, 0.25) is 0 Å². The van der Waals surface area contributed by atoms with E-state index in [1.165, 1.54) is 21.1 Å². The maximum atomic E-state index is 12.8. The van der Waals surface area contributed by atoms with Crippen molar-refractivity contribution in [3.63, 3.8) is 0 Å². The summed E-state index contributed by atoms with van der Waals surface area (Å²) in [6, 6.07) is 12.2. The lowest BCUT2D eigenvalue weighted by molar-refractivity contribution is -0.133. The van der Waals surface area contributed by atoms with Crippen LogP contribution in [0.4, 0.5) is 0 Å². The lowest BCUT2D eigenvalue weighted by Crippen LogP contribution is -2.55. The maximum Gasteiger partial charge on any atom is 0.265 e. The number of aryl methyl sites for hydroxylation is 1. The molecule has 3 heterocycles. The largest absolute Gasteiger partial charge is 0.328 e. The number of hydrogen-bond acceptors (Lipinski definition) is 5. The molecule has 0 saturated carbocycles. The zero-order valence-corrected chi connectivity index (χ0v) is 18.0. The summed E-state index contributed by atoms with van der Waals surface area (Å²) in [5, 5.41) is 0.890. The summed E-state index contributed by atoms with van der Waals surface area (Å²) in [6.07, 6.45) is 1.59. The van der Waals surface area contributed by atoms with E-state index in [-0.39, 0.29) is 22.5 Å². The van der Waals surface area contributed by atoms with Gasteiger partial charge in [-0.2, -0.15) is 0 Å². The third-order valence-corrected chi connectivity index (χ3v) is 6.36. The molecule has 1 aliphatic heterocycles. The Bertz CT molecular complexity index is 1130.